The Balaban J connectivity index is 4.45. The van der Waals surface area contributed by atoms with Crippen molar-refractivity contribution in [3.8, 4) is 0 Å². The Morgan fingerprint density at radius 2 is 0.774 bits per heavy atom. The van der Waals surface area contributed by atoms with E-state index in [-0.39, 0.29) is 24.9 Å². The predicted molar refractivity (Wildman–Crippen MR) is 269 cm³/mol. The van der Waals surface area contributed by atoms with Crippen LogP contribution in [0.1, 0.15) is 310 Å². The SMILES string of the molecule is CCCCCCCCC/C=C/CCCCCCCC(=O)OC(CCCCCCCCCCCCC)CC(=O)NC(CO)C(O)CCCCCCCCCCCCCCCCCC. The van der Waals surface area contributed by atoms with Crippen molar-refractivity contribution in [3.05, 3.63) is 12.2 Å². The first kappa shape index (κ1) is 60.6. The van der Waals surface area contributed by atoms with Crippen molar-refractivity contribution in [2.75, 3.05) is 6.61 Å². The Labute approximate surface area is 387 Å². The molecule has 0 fully saturated rings. The Kier molecular flexibility index (Phi) is 49.5. The van der Waals surface area contributed by atoms with Crippen LogP contribution in [-0.4, -0.2) is 46.9 Å². The summed E-state index contributed by atoms with van der Waals surface area (Å²) in [4.78, 5) is 26.2. The number of ether oxygens (including phenoxy) is 1. The molecule has 0 aliphatic carbocycles. The number of aliphatic hydroxyl groups excluding tert-OH is 2. The van der Waals surface area contributed by atoms with E-state index in [4.69, 9.17) is 4.74 Å². The van der Waals surface area contributed by atoms with Crippen molar-refractivity contribution in [2.24, 2.45) is 0 Å². The molecule has 6 nitrogen and oxygen atoms in total. The van der Waals surface area contributed by atoms with Crippen LogP contribution in [0.25, 0.3) is 0 Å². The van der Waals surface area contributed by atoms with Crippen LogP contribution >= 0.6 is 0 Å². The molecule has 0 spiro atoms. The van der Waals surface area contributed by atoms with Crippen LogP contribution in [0.4, 0.5) is 0 Å². The van der Waals surface area contributed by atoms with Gasteiger partial charge in [-0.1, -0.05) is 258 Å². The number of esters is 1. The number of aliphatic hydroxyl groups is 2. The van der Waals surface area contributed by atoms with Crippen LogP contribution in [-0.2, 0) is 14.3 Å². The highest BCUT2D eigenvalue weighted by atomic mass is 16.5. The molecule has 1 amide bonds. The van der Waals surface area contributed by atoms with E-state index in [0.29, 0.717) is 19.3 Å². The average Bonchev–Trinajstić information content (AvgIpc) is 3.26. The number of rotatable bonds is 51. The first-order valence-electron chi connectivity index (χ1n) is 27.9. The van der Waals surface area contributed by atoms with Crippen LogP contribution in [0.3, 0.4) is 0 Å². The number of carbonyl (C=O) groups is 2. The maximum Gasteiger partial charge on any atom is 0.306 e. The van der Waals surface area contributed by atoms with Crippen molar-refractivity contribution in [3.63, 3.8) is 0 Å². The van der Waals surface area contributed by atoms with Crippen LogP contribution in [0, 0.1) is 0 Å². The Hall–Kier alpha value is -1.40. The van der Waals surface area contributed by atoms with Gasteiger partial charge in [-0.15, -0.1) is 0 Å². The summed E-state index contributed by atoms with van der Waals surface area (Å²) in [6.07, 6.45) is 57.0. The third-order valence-electron chi connectivity index (χ3n) is 13.1. The van der Waals surface area contributed by atoms with E-state index < -0.39 is 18.2 Å². The van der Waals surface area contributed by atoms with Gasteiger partial charge in [-0.05, 0) is 51.4 Å². The second-order valence-electron chi connectivity index (χ2n) is 19.3. The fourth-order valence-corrected chi connectivity index (χ4v) is 8.84. The molecule has 0 aromatic rings. The number of allylic oxidation sites excluding steroid dienone is 2. The minimum atomic E-state index is -0.783. The van der Waals surface area contributed by atoms with Crippen molar-refractivity contribution in [1.82, 2.24) is 5.32 Å². The normalized spacial score (nSPS) is 13.2. The molecule has 368 valence electrons. The monoisotopic (exact) mass is 876 g/mol. The lowest BCUT2D eigenvalue weighted by Gasteiger charge is -2.24. The molecule has 3 unspecified atom stereocenters. The van der Waals surface area contributed by atoms with Gasteiger partial charge in [-0.3, -0.25) is 9.59 Å². The minimum absolute atomic E-state index is 0.0816. The Morgan fingerprint density at radius 3 is 1.15 bits per heavy atom. The zero-order valence-corrected chi connectivity index (χ0v) is 42.0. The summed E-state index contributed by atoms with van der Waals surface area (Å²) in [5, 5.41) is 23.8. The standard InChI is InChI=1S/C56H109NO5/c1-4-7-10-13-16-19-22-24-26-28-30-33-36-39-42-45-48-54(59)53(51-58)57-55(60)50-52(47-44-41-38-35-32-21-18-15-12-9-6-3)62-56(61)49-46-43-40-37-34-31-29-27-25-23-20-17-14-11-8-5-2/h27,29,52-54,58-59H,4-26,28,30-51H2,1-3H3,(H,57,60)/b29-27+. The van der Waals surface area contributed by atoms with Gasteiger partial charge in [0.05, 0.1) is 25.2 Å². The molecular formula is C56H109NO5. The van der Waals surface area contributed by atoms with Gasteiger partial charge in [0.2, 0.25) is 5.91 Å². The van der Waals surface area contributed by atoms with Crippen molar-refractivity contribution in [1.29, 1.82) is 0 Å². The third-order valence-corrected chi connectivity index (χ3v) is 13.1. The highest BCUT2D eigenvalue weighted by Gasteiger charge is 2.24. The number of carbonyl (C=O) groups excluding carboxylic acids is 2. The van der Waals surface area contributed by atoms with Crippen molar-refractivity contribution in [2.45, 2.75) is 328 Å². The molecule has 0 aliphatic heterocycles. The topological polar surface area (TPSA) is 95.9 Å². The highest BCUT2D eigenvalue weighted by Crippen LogP contribution is 2.19. The summed E-state index contributed by atoms with van der Waals surface area (Å²) in [5.41, 5.74) is 0. The summed E-state index contributed by atoms with van der Waals surface area (Å²) < 4.78 is 5.94. The smallest absolute Gasteiger partial charge is 0.306 e. The van der Waals surface area contributed by atoms with Crippen LogP contribution < -0.4 is 5.32 Å². The number of unbranched alkanes of at least 4 members (excludes halogenated alkanes) is 37. The van der Waals surface area contributed by atoms with Crippen molar-refractivity contribution < 1.29 is 24.5 Å². The van der Waals surface area contributed by atoms with Gasteiger partial charge in [0.25, 0.3) is 0 Å². The van der Waals surface area contributed by atoms with Gasteiger partial charge >= 0.3 is 5.97 Å². The summed E-state index contributed by atoms with van der Waals surface area (Å²) in [6, 6.07) is -0.697. The van der Waals surface area contributed by atoms with Gasteiger partial charge < -0.3 is 20.3 Å². The molecule has 0 saturated carbocycles. The van der Waals surface area contributed by atoms with E-state index in [9.17, 15) is 19.8 Å². The number of amides is 1. The molecule has 3 atom stereocenters. The zero-order chi connectivity index (χ0) is 45.2. The van der Waals surface area contributed by atoms with Gasteiger partial charge in [0.15, 0.2) is 0 Å². The molecule has 62 heavy (non-hydrogen) atoms. The lowest BCUT2D eigenvalue weighted by molar-refractivity contribution is -0.151. The van der Waals surface area contributed by atoms with Crippen molar-refractivity contribution >= 4 is 11.9 Å². The lowest BCUT2D eigenvalue weighted by Crippen LogP contribution is -2.46. The molecule has 0 aliphatic rings. The lowest BCUT2D eigenvalue weighted by atomic mass is 10.0. The molecular weight excluding hydrogens is 767 g/mol. The molecule has 0 aromatic heterocycles. The first-order chi connectivity index (χ1) is 30.5. The quantitative estimate of drug-likeness (QED) is 0.0321. The van der Waals surface area contributed by atoms with E-state index >= 15 is 0 Å². The van der Waals surface area contributed by atoms with Gasteiger partial charge in [0.1, 0.15) is 6.10 Å². The maximum absolute atomic E-state index is 13.2. The van der Waals surface area contributed by atoms with E-state index in [1.807, 2.05) is 0 Å². The van der Waals surface area contributed by atoms with E-state index in [2.05, 4.69) is 38.2 Å². The summed E-state index contributed by atoms with van der Waals surface area (Å²) in [5.74, 6) is -0.464. The fraction of sp³-hybridized carbons (Fsp3) is 0.929. The van der Waals surface area contributed by atoms with Gasteiger partial charge in [-0.25, -0.2) is 0 Å². The summed E-state index contributed by atoms with van der Waals surface area (Å²) >= 11 is 0. The highest BCUT2D eigenvalue weighted by molar-refractivity contribution is 5.77. The second-order valence-corrected chi connectivity index (χ2v) is 19.3. The van der Waals surface area contributed by atoms with E-state index in [1.54, 1.807) is 0 Å². The van der Waals surface area contributed by atoms with E-state index in [1.165, 1.54) is 212 Å². The molecule has 0 saturated heterocycles. The molecule has 0 bridgehead atoms. The molecule has 3 N–H and O–H groups in total. The molecule has 0 rings (SSSR count). The molecule has 0 radical (unpaired) electrons. The van der Waals surface area contributed by atoms with Crippen LogP contribution in [0.5, 0.6) is 0 Å². The van der Waals surface area contributed by atoms with E-state index in [0.717, 1.165) is 51.4 Å². The number of hydrogen-bond acceptors (Lipinski definition) is 5. The number of nitrogens with one attached hydrogen (secondary N) is 1. The minimum Gasteiger partial charge on any atom is -0.462 e. The van der Waals surface area contributed by atoms with Crippen LogP contribution in [0.2, 0.25) is 0 Å². The fourth-order valence-electron chi connectivity index (χ4n) is 8.84. The first-order valence-corrected chi connectivity index (χ1v) is 27.9. The van der Waals surface area contributed by atoms with Gasteiger partial charge in [0, 0.05) is 6.42 Å². The number of hydrogen-bond donors (Lipinski definition) is 3. The van der Waals surface area contributed by atoms with Crippen LogP contribution in [0.15, 0.2) is 12.2 Å². The van der Waals surface area contributed by atoms with Gasteiger partial charge in [-0.2, -0.15) is 0 Å². The third kappa shape index (κ3) is 45.2. The summed E-state index contributed by atoms with van der Waals surface area (Å²) in [7, 11) is 0. The maximum atomic E-state index is 13.2. The average molecular weight is 876 g/mol. The Bertz CT molecular complexity index is 939. The molecule has 6 heteroatoms. The Morgan fingerprint density at radius 1 is 0.452 bits per heavy atom. The largest absolute Gasteiger partial charge is 0.462 e. The second kappa shape index (κ2) is 50.6. The zero-order valence-electron chi connectivity index (χ0n) is 42.0. The predicted octanol–water partition coefficient (Wildman–Crippen LogP) is 16.9. The molecule has 0 heterocycles. The molecule has 0 aromatic carbocycles. The summed E-state index contributed by atoms with van der Waals surface area (Å²) in [6.45, 7) is 6.51.